The average molecular weight is 530 g/mol. The summed E-state index contributed by atoms with van der Waals surface area (Å²) in [5.74, 6) is 0. The van der Waals surface area contributed by atoms with E-state index in [-0.39, 0.29) is 0 Å². The van der Waals surface area contributed by atoms with Gasteiger partial charge < -0.3 is 19.0 Å². The summed E-state index contributed by atoms with van der Waals surface area (Å²) in [4.78, 5) is 8.11. The molecule has 0 amide bonds. The highest BCUT2D eigenvalue weighted by Gasteiger charge is 2.27. The van der Waals surface area contributed by atoms with Crippen molar-refractivity contribution in [1.82, 2.24) is 9.97 Å². The SMILES string of the molecule is Cc1cc2cc(c1)/C=N/OB(c1ccncc1)O/N=C/c1cc(C)cc(c1)/C=N/OB(c1ccncc1)O/N=C\2. The number of rotatable bonds is 2. The van der Waals surface area contributed by atoms with Gasteiger partial charge in [-0.05, 0) is 83.6 Å². The molecule has 1 aliphatic heterocycles. The number of nitrogens with zero attached hydrogens (tertiary/aromatic N) is 6. The summed E-state index contributed by atoms with van der Waals surface area (Å²) in [7, 11) is -1.77. The first-order chi connectivity index (χ1) is 19.6. The third-order valence-corrected chi connectivity index (χ3v) is 5.63. The maximum absolute atomic E-state index is 5.69. The van der Waals surface area contributed by atoms with Crippen LogP contribution in [-0.4, -0.2) is 49.1 Å². The third-order valence-electron chi connectivity index (χ3n) is 5.63. The van der Waals surface area contributed by atoms with Crippen molar-refractivity contribution in [2.24, 2.45) is 20.6 Å². The maximum atomic E-state index is 5.69. The van der Waals surface area contributed by atoms with Gasteiger partial charge in [0.05, 0.1) is 24.9 Å². The Kier molecular flexibility index (Phi) is 8.57. The molecule has 0 saturated carbocycles. The van der Waals surface area contributed by atoms with Crippen molar-refractivity contribution in [3.8, 4) is 0 Å². The highest BCUT2D eigenvalue weighted by molar-refractivity contribution is 6.61. The van der Waals surface area contributed by atoms with Gasteiger partial charge in [0.15, 0.2) is 0 Å². The van der Waals surface area contributed by atoms with E-state index in [0.29, 0.717) is 10.9 Å². The lowest BCUT2D eigenvalue weighted by Crippen LogP contribution is -2.34. The number of pyridine rings is 2. The van der Waals surface area contributed by atoms with Crippen molar-refractivity contribution in [3.63, 3.8) is 0 Å². The molecule has 12 heteroatoms. The van der Waals surface area contributed by atoms with E-state index in [1.54, 1.807) is 73.9 Å². The van der Waals surface area contributed by atoms with Gasteiger partial charge in [0.1, 0.15) is 0 Å². The van der Waals surface area contributed by atoms with Crippen molar-refractivity contribution in [2.45, 2.75) is 13.8 Å². The van der Waals surface area contributed by atoms with E-state index < -0.39 is 14.2 Å². The van der Waals surface area contributed by atoms with E-state index in [4.69, 9.17) is 19.0 Å². The smallest absolute Gasteiger partial charge is 0.414 e. The third kappa shape index (κ3) is 7.41. The van der Waals surface area contributed by atoms with Gasteiger partial charge in [0, 0.05) is 35.7 Å². The molecule has 4 aromatic rings. The molecule has 40 heavy (non-hydrogen) atoms. The molecule has 0 unspecified atom stereocenters. The summed E-state index contributed by atoms with van der Waals surface area (Å²) in [6.07, 6.45) is 13.0. The molecule has 0 fully saturated rings. The van der Waals surface area contributed by atoms with Crippen LogP contribution < -0.4 is 10.9 Å². The molecule has 0 saturated heterocycles. The van der Waals surface area contributed by atoms with Crippen LogP contribution in [0.5, 0.6) is 0 Å². The predicted octanol–water partition coefficient (Wildman–Crippen LogP) is 3.00. The second-order valence-corrected chi connectivity index (χ2v) is 8.94. The van der Waals surface area contributed by atoms with Crippen molar-refractivity contribution < 1.29 is 19.0 Å². The lowest BCUT2D eigenvalue weighted by Gasteiger charge is -2.09. The molecular formula is C28H24B2N6O4. The molecule has 2 aromatic heterocycles. The van der Waals surface area contributed by atoms with Crippen LogP contribution in [0.4, 0.5) is 0 Å². The summed E-state index contributed by atoms with van der Waals surface area (Å²) in [6, 6.07) is 18.7. The summed E-state index contributed by atoms with van der Waals surface area (Å²) in [5.41, 5.74) is 6.61. The van der Waals surface area contributed by atoms with Gasteiger partial charge in [-0.3, -0.25) is 9.97 Å². The number of benzene rings is 2. The fraction of sp³-hybridized carbons (Fsp3) is 0.0714. The van der Waals surface area contributed by atoms with Gasteiger partial charge in [-0.1, -0.05) is 24.3 Å². The summed E-state index contributed by atoms with van der Waals surface area (Å²) in [5, 5.41) is 16.6. The molecule has 5 rings (SSSR count). The Hall–Kier alpha value is -5.25. The van der Waals surface area contributed by atoms with Crippen molar-refractivity contribution in [3.05, 3.63) is 119 Å². The van der Waals surface area contributed by atoms with Crippen LogP contribution in [0, 0.1) is 13.8 Å². The van der Waals surface area contributed by atoms with Crippen LogP contribution in [0.3, 0.4) is 0 Å². The Labute approximate surface area is 232 Å². The van der Waals surface area contributed by atoms with Crippen LogP contribution in [0.25, 0.3) is 0 Å². The highest BCUT2D eigenvalue weighted by Crippen LogP contribution is 2.09. The van der Waals surface area contributed by atoms with Gasteiger partial charge in [-0.15, -0.1) is 20.6 Å². The van der Waals surface area contributed by atoms with E-state index in [1.165, 1.54) is 0 Å². The second kappa shape index (κ2) is 13.0. The monoisotopic (exact) mass is 530 g/mol. The van der Waals surface area contributed by atoms with Crippen LogP contribution in [0.2, 0.25) is 0 Å². The number of hydrogen-bond donors (Lipinski definition) is 0. The normalized spacial score (nSPS) is 16.8. The molecule has 0 aliphatic carbocycles. The lowest BCUT2D eigenvalue weighted by atomic mass is 9.80. The molecule has 10 nitrogen and oxygen atoms in total. The molecule has 0 N–H and O–H groups in total. The topological polar surface area (TPSA) is 112 Å². The number of fused-ring (bicyclic) bond motifs is 4. The Morgan fingerprint density at radius 1 is 0.450 bits per heavy atom. The van der Waals surface area contributed by atoms with Gasteiger partial charge >= 0.3 is 14.2 Å². The van der Waals surface area contributed by atoms with Crippen LogP contribution in [-0.2, 0) is 19.0 Å². The first-order valence-corrected chi connectivity index (χ1v) is 12.4. The van der Waals surface area contributed by atoms with Crippen molar-refractivity contribution >= 4 is 50.0 Å². The Morgan fingerprint density at radius 3 is 1.05 bits per heavy atom. The molecule has 1 aliphatic rings. The number of oxime groups is 4. The average Bonchev–Trinajstić information content (AvgIpc) is 2.95. The van der Waals surface area contributed by atoms with E-state index in [2.05, 4.69) is 30.6 Å². The van der Waals surface area contributed by atoms with Gasteiger partial charge in [0.25, 0.3) is 0 Å². The van der Waals surface area contributed by atoms with E-state index in [9.17, 15) is 0 Å². The van der Waals surface area contributed by atoms with Crippen LogP contribution >= 0.6 is 0 Å². The maximum Gasteiger partial charge on any atom is 0.675 e. The minimum absolute atomic E-state index is 0.707. The van der Waals surface area contributed by atoms with Gasteiger partial charge in [-0.25, -0.2) is 0 Å². The fourth-order valence-electron chi connectivity index (χ4n) is 3.89. The number of aromatic nitrogens is 2. The fourth-order valence-corrected chi connectivity index (χ4v) is 3.89. The van der Waals surface area contributed by atoms with Crippen molar-refractivity contribution in [1.29, 1.82) is 0 Å². The van der Waals surface area contributed by atoms with E-state index in [1.807, 2.05) is 50.2 Å². The summed E-state index contributed by atoms with van der Waals surface area (Å²) < 4.78 is 22.8. The predicted molar refractivity (Wildman–Crippen MR) is 156 cm³/mol. The Balaban J connectivity index is 1.49. The summed E-state index contributed by atoms with van der Waals surface area (Å²) >= 11 is 0. The zero-order valence-electron chi connectivity index (χ0n) is 21.9. The Morgan fingerprint density at radius 2 is 0.750 bits per heavy atom. The lowest BCUT2D eigenvalue weighted by molar-refractivity contribution is 0.225. The first kappa shape index (κ1) is 26.4. The van der Waals surface area contributed by atoms with E-state index in [0.717, 1.165) is 33.4 Å². The minimum atomic E-state index is -0.885. The molecule has 0 atom stereocenters. The largest absolute Gasteiger partial charge is 0.675 e. The van der Waals surface area contributed by atoms with Crippen LogP contribution in [0.1, 0.15) is 33.4 Å². The quantitative estimate of drug-likeness (QED) is 0.369. The molecular weight excluding hydrogens is 506 g/mol. The van der Waals surface area contributed by atoms with E-state index >= 15 is 0 Å². The van der Waals surface area contributed by atoms with Crippen LogP contribution in [0.15, 0.2) is 106 Å². The zero-order valence-corrected chi connectivity index (χ0v) is 21.9. The molecule has 0 spiro atoms. The second-order valence-electron chi connectivity index (χ2n) is 8.94. The zero-order chi connectivity index (χ0) is 27.6. The number of hydrogen-bond acceptors (Lipinski definition) is 10. The molecule has 196 valence electrons. The van der Waals surface area contributed by atoms with Gasteiger partial charge in [-0.2, -0.15) is 0 Å². The molecule has 4 bridgehead atoms. The summed E-state index contributed by atoms with van der Waals surface area (Å²) in [6.45, 7) is 3.95. The minimum Gasteiger partial charge on any atom is -0.414 e. The molecule has 2 aromatic carbocycles. The highest BCUT2D eigenvalue weighted by atomic mass is 16.7. The molecule has 0 radical (unpaired) electrons. The first-order valence-electron chi connectivity index (χ1n) is 12.4. The van der Waals surface area contributed by atoms with Crippen molar-refractivity contribution in [2.75, 3.05) is 0 Å². The Bertz CT molecular complexity index is 1370. The number of aryl methyl sites for hydroxylation is 2. The molecule has 3 heterocycles. The standard InChI is InChI=1S/C28H24B2N6O4/c1-21-11-23-15-24(12-21)18-34-38-30(28-5-9-32-10-6-28)40-36-20-26-14-22(2)13-25(16-26)19-35-39-29(37-33-17-23)27-3-7-31-8-4-27/h3-20H,1-2H3/b33-17-,34-18+,35-19+,36-20+. The van der Waals surface area contributed by atoms with Gasteiger partial charge in [0.2, 0.25) is 0 Å².